The molecule has 190 valence electrons. The van der Waals surface area contributed by atoms with Crippen LogP contribution >= 0.6 is 0 Å². The van der Waals surface area contributed by atoms with Crippen LogP contribution in [0.2, 0.25) is 0 Å². The smallest absolute Gasteiger partial charge is 0.228 e. The Balaban J connectivity index is 3.42. The van der Waals surface area contributed by atoms with Crippen LogP contribution in [-0.2, 0) is 9.57 Å². The standard InChI is InChI=1S/C26H40FN3O4/c1-7-21(18(3)26(33-5)30-34-6)16-20-12-10-9-11-13-23(27)19(4)28-24(17-20)25(32)29-22(8-2)14-15-31/h7,9-12,17-18,21-22,25,29,31-32H,1,8,13-16H2,2-6H3/b11-9?,12-10+,20-17+,23-19-,28-24+,30-26-/t18?,21?,22-,25?/m1/s1. The molecular formula is C26H40FN3O4. The van der Waals surface area contributed by atoms with Crippen molar-refractivity contribution in [3.63, 3.8) is 0 Å². The van der Waals surface area contributed by atoms with Gasteiger partial charge in [0.05, 0.1) is 18.5 Å². The summed E-state index contributed by atoms with van der Waals surface area (Å²) in [6.07, 6.45) is 11.6. The van der Waals surface area contributed by atoms with Crippen LogP contribution in [-0.4, -0.2) is 54.9 Å². The molecule has 0 fully saturated rings. The van der Waals surface area contributed by atoms with E-state index in [9.17, 15) is 14.6 Å². The number of rotatable bonds is 12. The lowest BCUT2D eigenvalue weighted by Crippen LogP contribution is -2.43. The number of aliphatic imine (C=N–C) groups is 1. The normalized spacial score (nSPS) is 25.0. The van der Waals surface area contributed by atoms with Crippen molar-refractivity contribution in [3.8, 4) is 0 Å². The highest BCUT2D eigenvalue weighted by atomic mass is 19.1. The van der Waals surface area contributed by atoms with Gasteiger partial charge in [0.2, 0.25) is 5.90 Å². The summed E-state index contributed by atoms with van der Waals surface area (Å²) in [5.74, 6) is -0.107. The molecule has 0 saturated carbocycles. The first-order valence-electron chi connectivity index (χ1n) is 11.6. The molecule has 0 aromatic carbocycles. The van der Waals surface area contributed by atoms with E-state index in [1.807, 2.05) is 32.1 Å². The van der Waals surface area contributed by atoms with E-state index in [0.717, 1.165) is 5.57 Å². The minimum absolute atomic E-state index is 0.00246. The van der Waals surface area contributed by atoms with Crippen LogP contribution in [0.1, 0.15) is 46.5 Å². The van der Waals surface area contributed by atoms with Crippen LogP contribution in [0.15, 0.2) is 70.3 Å². The Labute approximate surface area is 203 Å². The maximum Gasteiger partial charge on any atom is 0.228 e. The zero-order chi connectivity index (χ0) is 25.5. The van der Waals surface area contributed by atoms with Gasteiger partial charge < -0.3 is 19.8 Å². The highest BCUT2D eigenvalue weighted by molar-refractivity contribution is 5.99. The van der Waals surface area contributed by atoms with E-state index in [2.05, 4.69) is 22.0 Å². The molecule has 0 radical (unpaired) electrons. The first-order valence-corrected chi connectivity index (χ1v) is 11.6. The van der Waals surface area contributed by atoms with E-state index in [1.165, 1.54) is 7.11 Å². The zero-order valence-corrected chi connectivity index (χ0v) is 21.0. The van der Waals surface area contributed by atoms with Crippen molar-refractivity contribution in [2.24, 2.45) is 22.0 Å². The van der Waals surface area contributed by atoms with E-state index < -0.39 is 6.23 Å². The molecule has 0 aromatic heterocycles. The van der Waals surface area contributed by atoms with Crippen molar-refractivity contribution in [3.05, 3.63) is 60.1 Å². The number of nitrogens with zero attached hydrogens (tertiary/aromatic N) is 2. The number of oxime groups is 1. The third-order valence-corrected chi connectivity index (χ3v) is 5.72. The maximum atomic E-state index is 14.5. The highest BCUT2D eigenvalue weighted by Gasteiger charge is 2.23. The van der Waals surface area contributed by atoms with Gasteiger partial charge in [-0.2, -0.15) is 0 Å². The molecule has 1 heterocycles. The predicted molar refractivity (Wildman–Crippen MR) is 136 cm³/mol. The lowest BCUT2D eigenvalue weighted by molar-refractivity contribution is 0.169. The van der Waals surface area contributed by atoms with E-state index in [-0.39, 0.29) is 42.4 Å². The van der Waals surface area contributed by atoms with Gasteiger partial charge in [0.15, 0.2) is 0 Å². The molecule has 8 heteroatoms. The number of allylic oxidation sites excluding steroid dienone is 8. The molecule has 0 saturated heterocycles. The lowest BCUT2D eigenvalue weighted by Gasteiger charge is -2.23. The van der Waals surface area contributed by atoms with Gasteiger partial charge in [-0.15, -0.1) is 6.58 Å². The number of aliphatic hydroxyl groups is 2. The Morgan fingerprint density at radius 2 is 2.12 bits per heavy atom. The molecule has 3 unspecified atom stereocenters. The number of aliphatic hydroxyl groups excluding tert-OH is 2. The van der Waals surface area contributed by atoms with Crippen LogP contribution < -0.4 is 5.32 Å². The predicted octanol–water partition coefficient (Wildman–Crippen LogP) is 4.57. The largest absolute Gasteiger partial charge is 0.482 e. The molecule has 3 N–H and O–H groups in total. The Kier molecular flexibility index (Phi) is 14.0. The summed E-state index contributed by atoms with van der Waals surface area (Å²) in [7, 11) is 3.00. The Morgan fingerprint density at radius 3 is 2.71 bits per heavy atom. The summed E-state index contributed by atoms with van der Waals surface area (Å²) >= 11 is 0. The summed E-state index contributed by atoms with van der Waals surface area (Å²) in [4.78, 5) is 9.32. The third-order valence-electron chi connectivity index (χ3n) is 5.72. The summed E-state index contributed by atoms with van der Waals surface area (Å²) in [6, 6.07) is -0.112. The zero-order valence-electron chi connectivity index (χ0n) is 21.0. The van der Waals surface area contributed by atoms with Gasteiger partial charge in [-0.25, -0.2) is 4.39 Å². The minimum atomic E-state index is -1.14. The Bertz CT molecular complexity index is 830. The average Bonchev–Trinajstić information content (AvgIpc) is 2.85. The fourth-order valence-corrected chi connectivity index (χ4v) is 3.55. The van der Waals surface area contributed by atoms with Crippen molar-refractivity contribution in [2.75, 3.05) is 20.8 Å². The first-order chi connectivity index (χ1) is 16.3. The second-order valence-electron chi connectivity index (χ2n) is 8.13. The van der Waals surface area contributed by atoms with E-state index in [0.29, 0.717) is 30.9 Å². The number of halogens is 1. The second-order valence-corrected chi connectivity index (χ2v) is 8.13. The molecule has 0 aliphatic carbocycles. The molecule has 1 rings (SSSR count). The van der Waals surface area contributed by atoms with Gasteiger partial charge in [0, 0.05) is 25.0 Å². The number of hydrogen-bond donors (Lipinski definition) is 3. The lowest BCUT2D eigenvalue weighted by atomic mass is 9.87. The van der Waals surface area contributed by atoms with Crippen molar-refractivity contribution < 1.29 is 24.2 Å². The topological polar surface area (TPSA) is 95.7 Å². The van der Waals surface area contributed by atoms with E-state index in [1.54, 1.807) is 32.3 Å². The molecule has 1 aliphatic rings. The van der Waals surface area contributed by atoms with Crippen LogP contribution in [0.3, 0.4) is 0 Å². The van der Waals surface area contributed by atoms with Gasteiger partial charge in [-0.3, -0.25) is 10.3 Å². The maximum absolute atomic E-state index is 14.5. The summed E-state index contributed by atoms with van der Waals surface area (Å²) < 4.78 is 19.9. The number of hydrogen-bond acceptors (Lipinski definition) is 7. The van der Waals surface area contributed by atoms with Gasteiger partial charge in [-0.05, 0) is 43.8 Å². The summed E-state index contributed by atoms with van der Waals surface area (Å²) in [6.45, 7) is 9.49. The van der Waals surface area contributed by atoms with Gasteiger partial charge in [0.1, 0.15) is 19.2 Å². The molecule has 1 aliphatic heterocycles. The second kappa shape index (κ2) is 16.1. The van der Waals surface area contributed by atoms with E-state index in [4.69, 9.17) is 9.57 Å². The van der Waals surface area contributed by atoms with Gasteiger partial charge >= 0.3 is 0 Å². The molecule has 0 spiro atoms. The fourth-order valence-electron chi connectivity index (χ4n) is 3.55. The quantitative estimate of drug-likeness (QED) is 0.126. The molecule has 0 aromatic rings. The SMILES string of the molecule is C=CC(CC1=C/C(C(O)N[C@H](CC)CCO)=N\C(C)=C(/F)CC=C\C=C\1)C(C)/C(=N/OC)OC. The molecule has 0 amide bonds. The summed E-state index contributed by atoms with van der Waals surface area (Å²) in [5, 5.41) is 27.3. The third kappa shape index (κ3) is 9.75. The number of nitrogens with one attached hydrogen (secondary N) is 1. The highest BCUT2D eigenvalue weighted by Crippen LogP contribution is 2.25. The monoisotopic (exact) mass is 477 g/mol. The molecule has 7 nitrogen and oxygen atoms in total. The number of ether oxygens (including phenoxy) is 1. The van der Waals surface area contributed by atoms with Crippen LogP contribution in [0, 0.1) is 11.8 Å². The number of methoxy groups -OCH3 is 1. The van der Waals surface area contributed by atoms with E-state index >= 15 is 0 Å². The van der Waals surface area contributed by atoms with Gasteiger partial charge in [0.25, 0.3) is 0 Å². The minimum Gasteiger partial charge on any atom is -0.482 e. The fraction of sp³-hybridized carbons (Fsp3) is 0.538. The molecule has 0 bridgehead atoms. The van der Waals surface area contributed by atoms with Gasteiger partial charge in [-0.1, -0.05) is 49.4 Å². The Morgan fingerprint density at radius 1 is 1.38 bits per heavy atom. The summed E-state index contributed by atoms with van der Waals surface area (Å²) in [5.41, 5.74) is 1.36. The average molecular weight is 478 g/mol. The molecule has 34 heavy (non-hydrogen) atoms. The Hall–Kier alpha value is -2.55. The van der Waals surface area contributed by atoms with Crippen molar-refractivity contribution >= 4 is 11.6 Å². The first kappa shape index (κ1) is 29.5. The molecule has 4 atom stereocenters. The molecular weight excluding hydrogens is 437 g/mol. The van der Waals surface area contributed by atoms with Crippen LogP contribution in [0.5, 0.6) is 0 Å². The van der Waals surface area contributed by atoms with Crippen LogP contribution in [0.4, 0.5) is 4.39 Å². The van der Waals surface area contributed by atoms with Crippen LogP contribution in [0.25, 0.3) is 0 Å². The van der Waals surface area contributed by atoms with Crippen molar-refractivity contribution in [2.45, 2.75) is 58.7 Å². The van der Waals surface area contributed by atoms with Crippen molar-refractivity contribution in [1.82, 2.24) is 5.32 Å². The van der Waals surface area contributed by atoms with Crippen molar-refractivity contribution in [1.29, 1.82) is 0 Å².